The Labute approximate surface area is 115 Å². The normalized spacial score (nSPS) is 19.0. The van der Waals surface area contributed by atoms with Gasteiger partial charge in [0.2, 0.25) is 0 Å². The van der Waals surface area contributed by atoms with Crippen molar-refractivity contribution in [3.8, 4) is 6.07 Å². The van der Waals surface area contributed by atoms with E-state index in [0.29, 0.717) is 29.6 Å². The molecule has 1 atom stereocenters. The summed E-state index contributed by atoms with van der Waals surface area (Å²) in [6.45, 7) is 3.88. The van der Waals surface area contributed by atoms with E-state index in [9.17, 15) is 4.79 Å². The average molecular weight is 281 g/mol. The zero-order valence-electron chi connectivity index (χ0n) is 10.8. The fraction of sp³-hybridized carbons (Fsp3) is 0.500. The van der Waals surface area contributed by atoms with Gasteiger partial charge in [-0.25, -0.2) is 4.79 Å². The second-order valence-corrected chi connectivity index (χ2v) is 5.25. The van der Waals surface area contributed by atoms with Gasteiger partial charge in [0.1, 0.15) is 21.5 Å². The first kappa shape index (κ1) is 13.6. The van der Waals surface area contributed by atoms with Crippen LogP contribution < -0.4 is 10.6 Å². The van der Waals surface area contributed by atoms with E-state index in [1.165, 1.54) is 18.4 Å². The van der Waals surface area contributed by atoms with Gasteiger partial charge in [0.25, 0.3) is 0 Å². The number of hydrogen-bond acceptors (Lipinski definition) is 7. The highest BCUT2D eigenvalue weighted by Gasteiger charge is 2.28. The van der Waals surface area contributed by atoms with E-state index >= 15 is 0 Å². The second kappa shape index (κ2) is 5.47. The first-order valence-corrected chi connectivity index (χ1v) is 6.67. The summed E-state index contributed by atoms with van der Waals surface area (Å²) in [6, 6.07) is 2.01. The third-order valence-electron chi connectivity index (χ3n) is 2.95. The highest BCUT2D eigenvalue weighted by molar-refractivity contribution is 7.17. The summed E-state index contributed by atoms with van der Waals surface area (Å²) in [4.78, 5) is 14.2. The molecule has 1 aromatic heterocycles. The molecule has 0 spiro atoms. The lowest BCUT2D eigenvalue weighted by Crippen LogP contribution is -2.41. The van der Waals surface area contributed by atoms with Gasteiger partial charge in [0.05, 0.1) is 25.5 Å². The van der Waals surface area contributed by atoms with Crippen LogP contribution in [-0.4, -0.2) is 38.9 Å². The SMILES string of the molecule is COC(=O)c1c(N2CCOC(C)C2)sc(C#N)c1N. The number of methoxy groups -OCH3 is 1. The molecule has 1 aromatic rings. The standard InChI is InChI=1S/C12H15N3O3S/c1-7-6-15(3-4-18-7)11-9(12(16)17-2)10(14)8(5-13)19-11/h7H,3-4,6,14H2,1-2H3. The minimum atomic E-state index is -0.510. The fourth-order valence-corrected chi connectivity index (χ4v) is 3.08. The molecule has 2 heterocycles. The van der Waals surface area contributed by atoms with Crippen LogP contribution in [0.4, 0.5) is 10.7 Å². The third-order valence-corrected chi connectivity index (χ3v) is 4.12. The van der Waals surface area contributed by atoms with Crippen LogP contribution in [0.15, 0.2) is 0 Å². The van der Waals surface area contributed by atoms with E-state index in [-0.39, 0.29) is 17.4 Å². The molecule has 0 aromatic carbocycles. The van der Waals surface area contributed by atoms with Gasteiger partial charge in [-0.3, -0.25) is 0 Å². The summed E-state index contributed by atoms with van der Waals surface area (Å²) in [7, 11) is 1.30. The van der Waals surface area contributed by atoms with Gasteiger partial charge in [0.15, 0.2) is 0 Å². The highest BCUT2D eigenvalue weighted by Crippen LogP contribution is 2.38. The first-order valence-electron chi connectivity index (χ1n) is 5.85. The van der Waals surface area contributed by atoms with Crippen LogP contribution in [0.25, 0.3) is 0 Å². The van der Waals surface area contributed by atoms with Gasteiger partial charge < -0.3 is 20.1 Å². The number of nitriles is 1. The van der Waals surface area contributed by atoms with E-state index in [1.54, 1.807) is 0 Å². The molecule has 2 rings (SSSR count). The zero-order chi connectivity index (χ0) is 14.0. The Hall–Kier alpha value is -1.78. The lowest BCUT2D eigenvalue weighted by atomic mass is 10.2. The summed E-state index contributed by atoms with van der Waals surface area (Å²) in [5.74, 6) is -0.510. The minimum absolute atomic E-state index is 0.0770. The number of morpholine rings is 1. The van der Waals surface area contributed by atoms with E-state index in [1.807, 2.05) is 17.9 Å². The average Bonchev–Trinajstić information content (AvgIpc) is 2.75. The number of nitrogens with zero attached hydrogens (tertiary/aromatic N) is 2. The molecule has 0 amide bonds. The maximum Gasteiger partial charge on any atom is 0.343 e. The van der Waals surface area contributed by atoms with Crippen molar-refractivity contribution >= 4 is 28.0 Å². The molecular weight excluding hydrogens is 266 g/mol. The molecule has 102 valence electrons. The predicted octanol–water partition coefficient (Wildman–Crippen LogP) is 1.21. The Morgan fingerprint density at radius 1 is 1.68 bits per heavy atom. The molecule has 1 aliphatic rings. The van der Waals surface area contributed by atoms with Crippen LogP contribution in [0, 0.1) is 11.3 Å². The maximum absolute atomic E-state index is 11.8. The number of ether oxygens (including phenoxy) is 2. The molecule has 1 saturated heterocycles. The number of nitrogens with two attached hydrogens (primary N) is 1. The summed E-state index contributed by atoms with van der Waals surface area (Å²) in [5, 5.41) is 9.74. The molecular formula is C12H15N3O3S. The monoisotopic (exact) mass is 281 g/mol. The van der Waals surface area contributed by atoms with Gasteiger partial charge in [0, 0.05) is 13.1 Å². The Morgan fingerprint density at radius 3 is 3.00 bits per heavy atom. The van der Waals surface area contributed by atoms with Crippen molar-refractivity contribution in [3.63, 3.8) is 0 Å². The van der Waals surface area contributed by atoms with Crippen LogP contribution in [0.3, 0.4) is 0 Å². The van der Waals surface area contributed by atoms with Gasteiger partial charge in [-0.05, 0) is 6.92 Å². The number of esters is 1. The van der Waals surface area contributed by atoms with Crippen LogP contribution in [-0.2, 0) is 9.47 Å². The summed E-state index contributed by atoms with van der Waals surface area (Å²) in [6.07, 6.45) is 0.0770. The maximum atomic E-state index is 11.8. The van der Waals surface area contributed by atoms with E-state index in [2.05, 4.69) is 0 Å². The van der Waals surface area contributed by atoms with Gasteiger partial charge >= 0.3 is 5.97 Å². The number of carbonyl (C=O) groups excluding carboxylic acids is 1. The van der Waals surface area contributed by atoms with Crippen LogP contribution in [0.2, 0.25) is 0 Å². The van der Waals surface area contributed by atoms with Crippen molar-refractivity contribution in [1.82, 2.24) is 0 Å². The number of anilines is 2. The molecule has 6 nitrogen and oxygen atoms in total. The third kappa shape index (κ3) is 2.50. The lowest BCUT2D eigenvalue weighted by molar-refractivity contribution is 0.0525. The van der Waals surface area contributed by atoms with E-state index in [0.717, 1.165) is 0 Å². The smallest absolute Gasteiger partial charge is 0.343 e. The largest absolute Gasteiger partial charge is 0.465 e. The number of nitrogen functional groups attached to an aromatic ring is 1. The second-order valence-electron chi connectivity index (χ2n) is 4.26. The van der Waals surface area contributed by atoms with Crippen molar-refractivity contribution in [3.05, 3.63) is 10.4 Å². The van der Waals surface area contributed by atoms with Gasteiger partial charge in [-0.15, -0.1) is 11.3 Å². The van der Waals surface area contributed by atoms with Crippen LogP contribution in [0.5, 0.6) is 0 Å². The molecule has 0 radical (unpaired) electrons. The molecule has 0 bridgehead atoms. The van der Waals surface area contributed by atoms with Crippen molar-refractivity contribution in [2.24, 2.45) is 0 Å². The number of hydrogen-bond donors (Lipinski definition) is 1. The van der Waals surface area contributed by atoms with E-state index < -0.39 is 5.97 Å². The summed E-state index contributed by atoms with van der Waals surface area (Å²) in [5.41, 5.74) is 6.35. The zero-order valence-corrected chi connectivity index (χ0v) is 11.6. The Balaban J connectivity index is 2.44. The summed E-state index contributed by atoms with van der Waals surface area (Å²) >= 11 is 1.22. The molecule has 1 unspecified atom stereocenters. The molecule has 19 heavy (non-hydrogen) atoms. The Bertz CT molecular complexity index is 535. The molecule has 1 aliphatic heterocycles. The lowest BCUT2D eigenvalue weighted by Gasteiger charge is -2.32. The fourth-order valence-electron chi connectivity index (χ4n) is 2.04. The summed E-state index contributed by atoms with van der Waals surface area (Å²) < 4.78 is 10.2. The molecule has 1 fully saturated rings. The quantitative estimate of drug-likeness (QED) is 0.820. The van der Waals surface area contributed by atoms with Crippen LogP contribution >= 0.6 is 11.3 Å². The topological polar surface area (TPSA) is 88.6 Å². The van der Waals surface area contributed by atoms with Crippen LogP contribution in [0.1, 0.15) is 22.2 Å². The van der Waals surface area contributed by atoms with Gasteiger partial charge in [-0.2, -0.15) is 5.26 Å². The minimum Gasteiger partial charge on any atom is -0.465 e. The molecule has 7 heteroatoms. The number of thiophene rings is 1. The predicted molar refractivity (Wildman–Crippen MR) is 72.4 cm³/mol. The van der Waals surface area contributed by atoms with Crippen molar-refractivity contribution < 1.29 is 14.3 Å². The highest BCUT2D eigenvalue weighted by atomic mass is 32.1. The van der Waals surface area contributed by atoms with Crippen molar-refractivity contribution in [2.75, 3.05) is 37.4 Å². The van der Waals surface area contributed by atoms with E-state index in [4.69, 9.17) is 20.5 Å². The first-order chi connectivity index (χ1) is 9.08. The number of carbonyl (C=O) groups is 1. The van der Waals surface area contributed by atoms with Crippen molar-refractivity contribution in [2.45, 2.75) is 13.0 Å². The Morgan fingerprint density at radius 2 is 2.42 bits per heavy atom. The van der Waals surface area contributed by atoms with Crippen molar-refractivity contribution in [1.29, 1.82) is 5.26 Å². The molecule has 0 aliphatic carbocycles. The Kier molecular flexibility index (Phi) is 3.93. The van der Waals surface area contributed by atoms with Gasteiger partial charge in [-0.1, -0.05) is 0 Å². The molecule has 0 saturated carbocycles. The molecule has 2 N–H and O–H groups in total. The number of rotatable bonds is 2.